The maximum absolute atomic E-state index is 13.6. The van der Waals surface area contributed by atoms with Crippen molar-refractivity contribution in [1.29, 1.82) is 5.26 Å². The molecule has 2 unspecified atom stereocenters. The number of nitriles is 1. The van der Waals surface area contributed by atoms with Crippen molar-refractivity contribution in [3.63, 3.8) is 0 Å². The van der Waals surface area contributed by atoms with Gasteiger partial charge in [-0.3, -0.25) is 0 Å². The van der Waals surface area contributed by atoms with Gasteiger partial charge in [0.05, 0.1) is 12.0 Å². The standard InChI is InChI=1S/C18H19FN2/c1-13-8-9-16(10-18(13)19)14(2)21-12-17(11-20)15-6-4-3-5-7-15/h3-10,14,17,21H,12H2,1-2H3. The molecule has 0 saturated heterocycles. The monoisotopic (exact) mass is 282 g/mol. The summed E-state index contributed by atoms with van der Waals surface area (Å²) in [7, 11) is 0. The molecule has 2 aromatic rings. The zero-order valence-electron chi connectivity index (χ0n) is 12.3. The van der Waals surface area contributed by atoms with Gasteiger partial charge in [0, 0.05) is 12.6 Å². The van der Waals surface area contributed by atoms with Crippen molar-refractivity contribution in [1.82, 2.24) is 5.32 Å². The van der Waals surface area contributed by atoms with E-state index in [0.717, 1.165) is 11.1 Å². The molecule has 0 spiro atoms. The molecule has 2 aromatic carbocycles. The van der Waals surface area contributed by atoms with Crippen LogP contribution in [0.5, 0.6) is 0 Å². The lowest BCUT2D eigenvalue weighted by Gasteiger charge is -2.17. The lowest BCUT2D eigenvalue weighted by molar-refractivity contribution is 0.550. The first-order chi connectivity index (χ1) is 10.1. The van der Waals surface area contributed by atoms with Crippen LogP contribution in [0, 0.1) is 24.1 Å². The Kier molecular flexibility index (Phi) is 5.08. The molecule has 0 amide bonds. The summed E-state index contributed by atoms with van der Waals surface area (Å²) < 4.78 is 13.6. The number of hydrogen-bond donors (Lipinski definition) is 1. The van der Waals surface area contributed by atoms with Gasteiger partial charge in [-0.2, -0.15) is 5.26 Å². The molecule has 2 atom stereocenters. The molecule has 0 saturated carbocycles. The summed E-state index contributed by atoms with van der Waals surface area (Å²) in [6.45, 7) is 4.26. The molecule has 0 aliphatic carbocycles. The Bertz CT molecular complexity index is 631. The smallest absolute Gasteiger partial charge is 0.126 e. The summed E-state index contributed by atoms with van der Waals surface area (Å²) in [4.78, 5) is 0. The van der Waals surface area contributed by atoms with Gasteiger partial charge in [0.1, 0.15) is 5.82 Å². The summed E-state index contributed by atoms with van der Waals surface area (Å²) in [6, 6.07) is 17.2. The number of nitrogens with one attached hydrogen (secondary N) is 1. The second kappa shape index (κ2) is 7.01. The van der Waals surface area contributed by atoms with E-state index in [1.54, 1.807) is 19.1 Å². The van der Waals surface area contributed by atoms with E-state index >= 15 is 0 Å². The van der Waals surface area contributed by atoms with Gasteiger partial charge in [0.15, 0.2) is 0 Å². The van der Waals surface area contributed by atoms with Crippen LogP contribution < -0.4 is 5.32 Å². The molecular weight excluding hydrogens is 263 g/mol. The SMILES string of the molecule is Cc1ccc(C(C)NCC(C#N)c2ccccc2)cc1F. The quantitative estimate of drug-likeness (QED) is 0.896. The van der Waals surface area contributed by atoms with E-state index in [0.29, 0.717) is 12.1 Å². The van der Waals surface area contributed by atoms with Crippen molar-refractivity contribution in [3.05, 3.63) is 71.0 Å². The van der Waals surface area contributed by atoms with Gasteiger partial charge in [0.25, 0.3) is 0 Å². The minimum Gasteiger partial charge on any atom is -0.309 e. The third-order valence-corrected chi connectivity index (χ3v) is 3.68. The maximum atomic E-state index is 13.6. The van der Waals surface area contributed by atoms with Crippen molar-refractivity contribution in [2.45, 2.75) is 25.8 Å². The van der Waals surface area contributed by atoms with E-state index in [2.05, 4.69) is 11.4 Å². The van der Waals surface area contributed by atoms with E-state index in [1.165, 1.54) is 0 Å². The zero-order chi connectivity index (χ0) is 15.2. The third-order valence-electron chi connectivity index (χ3n) is 3.68. The summed E-state index contributed by atoms with van der Waals surface area (Å²) in [5.74, 6) is -0.398. The molecule has 2 nitrogen and oxygen atoms in total. The van der Waals surface area contributed by atoms with Crippen LogP contribution in [0.2, 0.25) is 0 Å². The normalized spacial score (nSPS) is 13.4. The number of aryl methyl sites for hydroxylation is 1. The number of benzene rings is 2. The van der Waals surface area contributed by atoms with Crippen LogP contribution in [0.4, 0.5) is 4.39 Å². The molecular formula is C18H19FN2. The number of nitrogens with zero attached hydrogens (tertiary/aromatic N) is 1. The van der Waals surface area contributed by atoms with Crippen LogP contribution in [0.3, 0.4) is 0 Å². The van der Waals surface area contributed by atoms with E-state index in [1.807, 2.05) is 43.3 Å². The highest BCUT2D eigenvalue weighted by atomic mass is 19.1. The largest absolute Gasteiger partial charge is 0.309 e. The molecule has 0 aliphatic heterocycles. The van der Waals surface area contributed by atoms with Crippen LogP contribution in [-0.2, 0) is 0 Å². The highest BCUT2D eigenvalue weighted by Crippen LogP contribution is 2.18. The van der Waals surface area contributed by atoms with Gasteiger partial charge in [-0.15, -0.1) is 0 Å². The molecule has 1 N–H and O–H groups in total. The third kappa shape index (κ3) is 3.90. The Labute approximate surface area is 125 Å². The summed E-state index contributed by atoms with van der Waals surface area (Å²) in [6.07, 6.45) is 0. The van der Waals surface area contributed by atoms with Gasteiger partial charge >= 0.3 is 0 Å². The molecule has 3 heteroatoms. The molecule has 0 bridgehead atoms. The van der Waals surface area contributed by atoms with Gasteiger partial charge in [-0.25, -0.2) is 4.39 Å². The Hall–Kier alpha value is -2.18. The molecule has 0 radical (unpaired) electrons. The Balaban J connectivity index is 2.01. The van der Waals surface area contributed by atoms with Gasteiger partial charge < -0.3 is 5.32 Å². The van der Waals surface area contributed by atoms with Crippen molar-refractivity contribution >= 4 is 0 Å². The van der Waals surface area contributed by atoms with Crippen molar-refractivity contribution in [2.75, 3.05) is 6.54 Å². The van der Waals surface area contributed by atoms with Gasteiger partial charge in [-0.05, 0) is 36.6 Å². The highest BCUT2D eigenvalue weighted by Gasteiger charge is 2.13. The number of hydrogen-bond acceptors (Lipinski definition) is 2. The molecule has 21 heavy (non-hydrogen) atoms. The van der Waals surface area contributed by atoms with E-state index < -0.39 is 0 Å². The topological polar surface area (TPSA) is 35.8 Å². The van der Waals surface area contributed by atoms with Gasteiger partial charge in [-0.1, -0.05) is 42.5 Å². The summed E-state index contributed by atoms with van der Waals surface area (Å²) in [5.41, 5.74) is 2.53. The fourth-order valence-electron chi connectivity index (χ4n) is 2.21. The molecule has 0 aromatic heterocycles. The molecule has 2 rings (SSSR count). The van der Waals surface area contributed by atoms with Crippen LogP contribution in [0.15, 0.2) is 48.5 Å². The van der Waals surface area contributed by atoms with E-state index in [-0.39, 0.29) is 17.8 Å². The Morgan fingerprint density at radius 3 is 2.48 bits per heavy atom. The lowest BCUT2D eigenvalue weighted by Crippen LogP contribution is -2.24. The van der Waals surface area contributed by atoms with Crippen LogP contribution >= 0.6 is 0 Å². The van der Waals surface area contributed by atoms with Crippen molar-refractivity contribution < 1.29 is 4.39 Å². The fourth-order valence-corrected chi connectivity index (χ4v) is 2.21. The summed E-state index contributed by atoms with van der Waals surface area (Å²) >= 11 is 0. The average molecular weight is 282 g/mol. The Morgan fingerprint density at radius 2 is 1.86 bits per heavy atom. The molecule has 0 aliphatic rings. The maximum Gasteiger partial charge on any atom is 0.126 e. The molecule has 0 heterocycles. The van der Waals surface area contributed by atoms with Crippen LogP contribution in [0.1, 0.15) is 35.6 Å². The second-order valence-corrected chi connectivity index (χ2v) is 5.23. The fraction of sp³-hybridized carbons (Fsp3) is 0.278. The number of rotatable bonds is 5. The molecule has 108 valence electrons. The first-order valence-corrected chi connectivity index (χ1v) is 7.06. The molecule has 0 fully saturated rings. The van der Waals surface area contributed by atoms with Gasteiger partial charge in [0.2, 0.25) is 0 Å². The average Bonchev–Trinajstić information content (AvgIpc) is 2.51. The lowest BCUT2D eigenvalue weighted by atomic mass is 9.99. The minimum atomic E-state index is -0.205. The second-order valence-electron chi connectivity index (χ2n) is 5.23. The van der Waals surface area contributed by atoms with Crippen LogP contribution in [0.25, 0.3) is 0 Å². The van der Waals surface area contributed by atoms with E-state index in [9.17, 15) is 9.65 Å². The summed E-state index contributed by atoms with van der Waals surface area (Å²) in [5, 5.41) is 12.6. The first-order valence-electron chi connectivity index (χ1n) is 7.06. The van der Waals surface area contributed by atoms with Crippen molar-refractivity contribution in [2.24, 2.45) is 0 Å². The first kappa shape index (κ1) is 15.2. The predicted octanol–water partition coefficient (Wildman–Crippen LogP) is 4.09. The number of halogens is 1. The highest BCUT2D eigenvalue weighted by molar-refractivity contribution is 5.27. The minimum absolute atomic E-state index is 0.000313. The van der Waals surface area contributed by atoms with Crippen LogP contribution in [-0.4, -0.2) is 6.54 Å². The Morgan fingerprint density at radius 1 is 1.14 bits per heavy atom. The van der Waals surface area contributed by atoms with E-state index in [4.69, 9.17) is 0 Å². The predicted molar refractivity (Wildman–Crippen MR) is 82.4 cm³/mol. The van der Waals surface area contributed by atoms with Crippen molar-refractivity contribution in [3.8, 4) is 6.07 Å². The zero-order valence-corrected chi connectivity index (χ0v) is 12.3.